The summed E-state index contributed by atoms with van der Waals surface area (Å²) in [5.41, 5.74) is 0.484. The minimum Gasteiger partial charge on any atom is -0.381 e. The van der Waals surface area contributed by atoms with Gasteiger partial charge in [-0.2, -0.15) is 0 Å². The lowest BCUT2D eigenvalue weighted by Gasteiger charge is -2.38. The molecule has 0 aromatic carbocycles. The molecule has 1 atom stereocenters. The lowest BCUT2D eigenvalue weighted by molar-refractivity contribution is 0.0484. The van der Waals surface area contributed by atoms with E-state index in [0.29, 0.717) is 5.41 Å². The molecule has 0 radical (unpaired) electrons. The Bertz CT molecular complexity index is 220. The van der Waals surface area contributed by atoms with Crippen molar-refractivity contribution in [3.63, 3.8) is 0 Å². The predicted molar refractivity (Wildman–Crippen MR) is 71.3 cm³/mol. The van der Waals surface area contributed by atoms with Crippen molar-refractivity contribution in [2.75, 3.05) is 46.4 Å². The average molecular weight is 240 g/mol. The molecule has 3 heteroatoms. The Balaban J connectivity index is 1.73. The van der Waals surface area contributed by atoms with Crippen LogP contribution in [-0.4, -0.2) is 51.3 Å². The third-order valence-electron chi connectivity index (χ3n) is 4.25. The Kier molecular flexibility index (Phi) is 4.83. The van der Waals surface area contributed by atoms with Crippen LogP contribution in [0.15, 0.2) is 0 Å². The van der Waals surface area contributed by atoms with Crippen molar-refractivity contribution in [2.24, 2.45) is 11.3 Å². The summed E-state index contributed by atoms with van der Waals surface area (Å²) in [4.78, 5) is 2.54. The predicted octanol–water partition coefficient (Wildman–Crippen LogP) is 1.73. The summed E-state index contributed by atoms with van der Waals surface area (Å²) in [5, 5.41) is 3.54. The summed E-state index contributed by atoms with van der Waals surface area (Å²) in [6, 6.07) is 0. The second-order valence-corrected chi connectivity index (χ2v) is 6.34. The van der Waals surface area contributed by atoms with Gasteiger partial charge >= 0.3 is 0 Å². The molecular weight excluding hydrogens is 212 g/mol. The maximum absolute atomic E-state index is 5.42. The van der Waals surface area contributed by atoms with Crippen molar-refractivity contribution in [3.8, 4) is 0 Å². The van der Waals surface area contributed by atoms with Crippen LogP contribution < -0.4 is 5.32 Å². The monoisotopic (exact) mass is 240 g/mol. The molecule has 1 unspecified atom stereocenters. The zero-order valence-corrected chi connectivity index (χ0v) is 11.5. The summed E-state index contributed by atoms with van der Waals surface area (Å²) in [7, 11) is 2.29. The van der Waals surface area contributed by atoms with Gasteiger partial charge in [0.25, 0.3) is 0 Å². The summed E-state index contributed by atoms with van der Waals surface area (Å²) in [5.74, 6) is 0.855. The second-order valence-electron chi connectivity index (χ2n) is 6.34. The fourth-order valence-corrected chi connectivity index (χ4v) is 3.34. The first kappa shape index (κ1) is 13.3. The lowest BCUT2D eigenvalue weighted by Crippen LogP contribution is -2.46. The standard InChI is InChI=1S/C14H28N2O/c1-14(6-3-7-15-11-14)12-16(2)10-13-4-8-17-9-5-13/h13,15H,3-12H2,1-2H3. The minimum atomic E-state index is 0.484. The molecule has 2 aliphatic rings. The first-order valence-electron chi connectivity index (χ1n) is 7.15. The molecule has 2 heterocycles. The number of piperidine rings is 1. The van der Waals surface area contributed by atoms with E-state index in [2.05, 4.69) is 24.2 Å². The van der Waals surface area contributed by atoms with Crippen LogP contribution in [0.4, 0.5) is 0 Å². The molecule has 100 valence electrons. The van der Waals surface area contributed by atoms with Gasteiger partial charge in [0.05, 0.1) is 0 Å². The van der Waals surface area contributed by atoms with Gasteiger partial charge in [0.1, 0.15) is 0 Å². The highest BCUT2D eigenvalue weighted by molar-refractivity contribution is 4.84. The van der Waals surface area contributed by atoms with Crippen LogP contribution in [-0.2, 0) is 4.74 Å². The Hall–Kier alpha value is -0.120. The SMILES string of the molecule is CN(CC1CCOCC1)CC1(C)CCCNC1. The van der Waals surface area contributed by atoms with Gasteiger partial charge < -0.3 is 15.0 Å². The highest BCUT2D eigenvalue weighted by atomic mass is 16.5. The molecule has 3 nitrogen and oxygen atoms in total. The minimum absolute atomic E-state index is 0.484. The van der Waals surface area contributed by atoms with Crippen molar-refractivity contribution in [1.82, 2.24) is 10.2 Å². The molecule has 0 bridgehead atoms. The van der Waals surface area contributed by atoms with Crippen molar-refractivity contribution in [3.05, 3.63) is 0 Å². The maximum Gasteiger partial charge on any atom is 0.0469 e. The normalized spacial score (nSPS) is 31.9. The summed E-state index contributed by atoms with van der Waals surface area (Å²) in [6.07, 6.45) is 5.21. The first-order chi connectivity index (χ1) is 8.18. The Labute approximate surface area is 106 Å². The zero-order chi connectivity index (χ0) is 12.1. The number of hydrogen-bond donors (Lipinski definition) is 1. The topological polar surface area (TPSA) is 24.5 Å². The molecule has 0 aliphatic carbocycles. The van der Waals surface area contributed by atoms with Gasteiger partial charge in [-0.1, -0.05) is 6.92 Å². The van der Waals surface area contributed by atoms with Gasteiger partial charge in [-0.25, -0.2) is 0 Å². The smallest absolute Gasteiger partial charge is 0.0469 e. The Morgan fingerprint density at radius 1 is 1.35 bits per heavy atom. The number of hydrogen-bond acceptors (Lipinski definition) is 3. The fraction of sp³-hybridized carbons (Fsp3) is 1.00. The van der Waals surface area contributed by atoms with Crippen LogP contribution in [0.25, 0.3) is 0 Å². The molecule has 0 aromatic heterocycles. The molecule has 0 aromatic rings. The highest BCUT2D eigenvalue weighted by Gasteiger charge is 2.28. The molecule has 17 heavy (non-hydrogen) atoms. The number of rotatable bonds is 4. The van der Waals surface area contributed by atoms with E-state index >= 15 is 0 Å². The third kappa shape index (κ3) is 4.23. The molecule has 2 fully saturated rings. The van der Waals surface area contributed by atoms with Crippen LogP contribution in [0.3, 0.4) is 0 Å². The van der Waals surface area contributed by atoms with Crippen LogP contribution >= 0.6 is 0 Å². The van der Waals surface area contributed by atoms with Gasteiger partial charge in [-0.05, 0) is 50.6 Å². The van der Waals surface area contributed by atoms with Crippen molar-refractivity contribution in [2.45, 2.75) is 32.6 Å². The van der Waals surface area contributed by atoms with E-state index in [1.54, 1.807) is 0 Å². The van der Waals surface area contributed by atoms with Gasteiger partial charge in [0.2, 0.25) is 0 Å². The Morgan fingerprint density at radius 3 is 2.76 bits per heavy atom. The summed E-state index contributed by atoms with van der Waals surface area (Å²) >= 11 is 0. The molecule has 1 N–H and O–H groups in total. The first-order valence-corrected chi connectivity index (χ1v) is 7.15. The molecule has 2 rings (SSSR count). The van der Waals surface area contributed by atoms with Gasteiger partial charge in [0, 0.05) is 32.8 Å². The van der Waals surface area contributed by atoms with Crippen LogP contribution in [0, 0.1) is 11.3 Å². The molecular formula is C14H28N2O. The summed E-state index contributed by atoms with van der Waals surface area (Å²) < 4.78 is 5.42. The maximum atomic E-state index is 5.42. The zero-order valence-electron chi connectivity index (χ0n) is 11.5. The molecule has 2 saturated heterocycles. The highest BCUT2D eigenvalue weighted by Crippen LogP contribution is 2.27. The van der Waals surface area contributed by atoms with Crippen LogP contribution in [0.2, 0.25) is 0 Å². The van der Waals surface area contributed by atoms with Crippen LogP contribution in [0.5, 0.6) is 0 Å². The van der Waals surface area contributed by atoms with Gasteiger partial charge in [0.15, 0.2) is 0 Å². The quantitative estimate of drug-likeness (QED) is 0.810. The number of ether oxygens (including phenoxy) is 1. The molecule has 2 aliphatic heterocycles. The van der Waals surface area contributed by atoms with E-state index in [-0.39, 0.29) is 0 Å². The largest absolute Gasteiger partial charge is 0.381 e. The van der Waals surface area contributed by atoms with Crippen molar-refractivity contribution < 1.29 is 4.74 Å². The lowest BCUT2D eigenvalue weighted by atomic mass is 9.82. The van der Waals surface area contributed by atoms with Crippen LogP contribution in [0.1, 0.15) is 32.6 Å². The van der Waals surface area contributed by atoms with E-state index in [4.69, 9.17) is 4.74 Å². The summed E-state index contributed by atoms with van der Waals surface area (Å²) in [6.45, 7) is 9.25. The van der Waals surface area contributed by atoms with Crippen molar-refractivity contribution in [1.29, 1.82) is 0 Å². The van der Waals surface area contributed by atoms with E-state index in [1.165, 1.54) is 51.9 Å². The van der Waals surface area contributed by atoms with Gasteiger partial charge in [-0.3, -0.25) is 0 Å². The molecule has 0 amide bonds. The van der Waals surface area contributed by atoms with E-state index in [1.807, 2.05) is 0 Å². The van der Waals surface area contributed by atoms with Crippen molar-refractivity contribution >= 4 is 0 Å². The average Bonchev–Trinajstić information content (AvgIpc) is 2.30. The van der Waals surface area contributed by atoms with Gasteiger partial charge in [-0.15, -0.1) is 0 Å². The second kappa shape index (κ2) is 6.17. The van der Waals surface area contributed by atoms with E-state index < -0.39 is 0 Å². The Morgan fingerprint density at radius 2 is 2.12 bits per heavy atom. The van der Waals surface area contributed by atoms with E-state index in [9.17, 15) is 0 Å². The third-order valence-corrected chi connectivity index (χ3v) is 4.25. The number of nitrogens with one attached hydrogen (secondary N) is 1. The fourth-order valence-electron chi connectivity index (χ4n) is 3.34. The molecule has 0 saturated carbocycles. The molecule has 0 spiro atoms. The number of nitrogens with zero attached hydrogens (tertiary/aromatic N) is 1. The van der Waals surface area contributed by atoms with E-state index in [0.717, 1.165) is 19.1 Å².